The van der Waals surface area contributed by atoms with Crippen LogP contribution in [0, 0.1) is 0 Å². The number of hydrogen-bond acceptors (Lipinski definition) is 3. The molecule has 18 heavy (non-hydrogen) atoms. The van der Waals surface area contributed by atoms with E-state index in [0.717, 1.165) is 29.1 Å². The Morgan fingerprint density at radius 1 is 1.00 bits per heavy atom. The molecule has 0 atom stereocenters. The maximum atomic E-state index is 4.97. The second kappa shape index (κ2) is 4.53. The van der Waals surface area contributed by atoms with E-state index in [9.17, 15) is 0 Å². The number of anilines is 2. The molecule has 0 bridgehead atoms. The van der Waals surface area contributed by atoms with Gasteiger partial charge >= 0.3 is 0 Å². The van der Waals surface area contributed by atoms with E-state index in [-0.39, 0.29) is 0 Å². The maximum Gasteiger partial charge on any atom is 0.106 e. The van der Waals surface area contributed by atoms with E-state index in [1.807, 2.05) is 24.3 Å². The lowest BCUT2D eigenvalue weighted by Crippen LogP contribution is -2.04. The molecule has 1 aliphatic heterocycles. The molecule has 3 heteroatoms. The first-order chi connectivity index (χ1) is 8.88. The monoisotopic (exact) mass is 238 g/mol. The minimum absolute atomic E-state index is 0.772. The molecule has 90 valence electrons. The number of fused-ring (bicyclic) bond motifs is 2. The van der Waals surface area contributed by atoms with E-state index in [2.05, 4.69) is 34.7 Å². The Morgan fingerprint density at radius 3 is 2.56 bits per heavy atom. The fraction of sp³-hybridized carbons (Fsp3) is 0.133. The zero-order chi connectivity index (χ0) is 12.4. The van der Waals surface area contributed by atoms with Crippen LogP contribution in [0.15, 0.2) is 53.7 Å². The van der Waals surface area contributed by atoms with E-state index in [1.165, 1.54) is 5.56 Å². The van der Waals surface area contributed by atoms with Gasteiger partial charge in [0.25, 0.3) is 0 Å². The average Bonchev–Trinajstić information content (AvgIpc) is 2.56. The first-order valence-corrected chi connectivity index (χ1v) is 5.93. The topological polar surface area (TPSA) is 33.6 Å². The summed E-state index contributed by atoms with van der Waals surface area (Å²) in [4.78, 5) is 4.97. The normalized spacial score (nSPS) is 15.3. The van der Waals surface area contributed by atoms with Crippen LogP contribution < -0.4 is 5.32 Å². The zero-order valence-corrected chi connectivity index (χ0v) is 10.2. The van der Waals surface area contributed by atoms with Crippen LogP contribution in [0.5, 0.6) is 0 Å². The van der Waals surface area contributed by atoms with Crippen molar-refractivity contribution in [2.75, 3.05) is 12.4 Å². The Bertz CT molecular complexity index is 605. The summed E-state index contributed by atoms with van der Waals surface area (Å²) in [5.74, 6) is 0. The highest BCUT2D eigenvalue weighted by Gasteiger charge is 2.17. The van der Waals surface area contributed by atoms with Crippen LogP contribution in [0.1, 0.15) is 11.1 Å². The van der Waals surface area contributed by atoms with Gasteiger partial charge in [0.05, 0.1) is 5.71 Å². The van der Waals surface area contributed by atoms with Gasteiger partial charge in [0.15, 0.2) is 0 Å². The van der Waals surface area contributed by atoms with Gasteiger partial charge in [-0.1, -0.05) is 41.6 Å². The molecule has 0 aromatic heterocycles. The summed E-state index contributed by atoms with van der Waals surface area (Å²) in [5.41, 5.74) is 5.47. The number of para-hydroxylation sites is 2. The van der Waals surface area contributed by atoms with Crippen molar-refractivity contribution in [3.8, 4) is 0 Å². The minimum Gasteiger partial charge on any atom is -0.399 e. The molecule has 0 amide bonds. The van der Waals surface area contributed by atoms with Crippen molar-refractivity contribution in [3.05, 3.63) is 59.7 Å². The van der Waals surface area contributed by atoms with Crippen LogP contribution in [0.25, 0.3) is 0 Å². The molecular formula is C15H14N2O. The predicted octanol–water partition coefficient (Wildman–Crippen LogP) is 3.34. The van der Waals surface area contributed by atoms with Crippen LogP contribution in [0.3, 0.4) is 0 Å². The Balaban J connectivity index is 2.17. The SMILES string of the molecule is CO/N=C1\Cc2ccccc2Nc2ccccc21. The molecule has 1 N–H and O–H groups in total. The summed E-state index contributed by atoms with van der Waals surface area (Å²) in [7, 11) is 1.58. The Hall–Kier alpha value is -2.29. The third kappa shape index (κ3) is 1.84. The Labute approximate surface area is 106 Å². The highest BCUT2D eigenvalue weighted by molar-refractivity contribution is 6.08. The number of benzene rings is 2. The molecule has 3 rings (SSSR count). The molecule has 2 aromatic carbocycles. The van der Waals surface area contributed by atoms with Gasteiger partial charge in [0.1, 0.15) is 7.11 Å². The number of nitrogens with zero attached hydrogens (tertiary/aromatic N) is 1. The smallest absolute Gasteiger partial charge is 0.106 e. The molecule has 0 radical (unpaired) electrons. The van der Waals surface area contributed by atoms with Gasteiger partial charge in [0, 0.05) is 23.4 Å². The van der Waals surface area contributed by atoms with E-state index < -0.39 is 0 Å². The number of rotatable bonds is 1. The lowest BCUT2D eigenvalue weighted by molar-refractivity contribution is 0.213. The van der Waals surface area contributed by atoms with E-state index in [1.54, 1.807) is 7.11 Å². The van der Waals surface area contributed by atoms with E-state index in [4.69, 9.17) is 4.84 Å². The summed E-state index contributed by atoms with van der Waals surface area (Å²) >= 11 is 0. The third-order valence-electron chi connectivity index (χ3n) is 3.08. The summed E-state index contributed by atoms with van der Waals surface area (Å²) in [6, 6.07) is 16.4. The van der Waals surface area contributed by atoms with Crippen LogP contribution in [0.4, 0.5) is 11.4 Å². The summed E-state index contributed by atoms with van der Waals surface area (Å²) in [6.45, 7) is 0. The summed E-state index contributed by atoms with van der Waals surface area (Å²) < 4.78 is 0. The molecule has 1 heterocycles. The standard InChI is InChI=1S/C15H14N2O/c1-18-17-15-10-11-6-2-4-8-13(11)16-14-9-5-3-7-12(14)15/h2-9,16H,10H2,1H3/b17-15+. The second-order valence-corrected chi connectivity index (χ2v) is 4.23. The van der Waals surface area contributed by atoms with Gasteiger partial charge < -0.3 is 10.2 Å². The fourth-order valence-corrected chi connectivity index (χ4v) is 2.25. The molecule has 3 nitrogen and oxygen atoms in total. The van der Waals surface area contributed by atoms with Gasteiger partial charge in [-0.2, -0.15) is 0 Å². The first kappa shape index (κ1) is 10.8. The van der Waals surface area contributed by atoms with Crippen LogP contribution in [-0.2, 0) is 11.3 Å². The molecule has 2 aromatic rings. The number of nitrogens with one attached hydrogen (secondary N) is 1. The lowest BCUT2D eigenvalue weighted by Gasteiger charge is -2.08. The van der Waals surface area contributed by atoms with Crippen LogP contribution in [0.2, 0.25) is 0 Å². The van der Waals surface area contributed by atoms with Crippen molar-refractivity contribution >= 4 is 17.1 Å². The molecule has 0 spiro atoms. The molecule has 1 aliphatic rings. The predicted molar refractivity (Wildman–Crippen MR) is 73.4 cm³/mol. The first-order valence-electron chi connectivity index (χ1n) is 5.93. The number of oxime groups is 1. The van der Waals surface area contributed by atoms with E-state index in [0.29, 0.717) is 0 Å². The summed E-state index contributed by atoms with van der Waals surface area (Å²) in [6.07, 6.45) is 0.772. The quantitative estimate of drug-likeness (QED) is 0.773. The van der Waals surface area contributed by atoms with E-state index >= 15 is 0 Å². The van der Waals surface area contributed by atoms with Crippen molar-refractivity contribution in [1.82, 2.24) is 0 Å². The van der Waals surface area contributed by atoms with Gasteiger partial charge in [0.2, 0.25) is 0 Å². The molecule has 0 aliphatic carbocycles. The van der Waals surface area contributed by atoms with Crippen molar-refractivity contribution in [3.63, 3.8) is 0 Å². The highest BCUT2D eigenvalue weighted by Crippen LogP contribution is 2.29. The van der Waals surface area contributed by atoms with Crippen molar-refractivity contribution in [2.45, 2.75) is 6.42 Å². The molecule has 0 unspecified atom stereocenters. The second-order valence-electron chi connectivity index (χ2n) is 4.23. The third-order valence-corrected chi connectivity index (χ3v) is 3.08. The highest BCUT2D eigenvalue weighted by atomic mass is 16.6. The van der Waals surface area contributed by atoms with Gasteiger partial charge in [-0.25, -0.2) is 0 Å². The van der Waals surface area contributed by atoms with Crippen molar-refractivity contribution in [1.29, 1.82) is 0 Å². The molecular weight excluding hydrogens is 224 g/mol. The largest absolute Gasteiger partial charge is 0.399 e. The van der Waals surface area contributed by atoms with Crippen LogP contribution >= 0.6 is 0 Å². The van der Waals surface area contributed by atoms with Gasteiger partial charge in [-0.3, -0.25) is 0 Å². The minimum atomic E-state index is 0.772. The zero-order valence-electron chi connectivity index (χ0n) is 10.2. The van der Waals surface area contributed by atoms with Crippen LogP contribution in [-0.4, -0.2) is 12.8 Å². The molecule has 0 saturated carbocycles. The number of hydrogen-bond donors (Lipinski definition) is 1. The Kier molecular flexibility index (Phi) is 2.73. The Morgan fingerprint density at radius 2 is 1.72 bits per heavy atom. The van der Waals surface area contributed by atoms with Gasteiger partial charge in [-0.05, 0) is 17.7 Å². The summed E-state index contributed by atoms with van der Waals surface area (Å²) in [5, 5.41) is 7.62. The van der Waals surface area contributed by atoms with Crippen molar-refractivity contribution in [2.24, 2.45) is 5.16 Å². The fourth-order valence-electron chi connectivity index (χ4n) is 2.25. The van der Waals surface area contributed by atoms with Gasteiger partial charge in [-0.15, -0.1) is 0 Å². The lowest BCUT2D eigenvalue weighted by atomic mass is 10.0. The molecule has 0 saturated heterocycles. The van der Waals surface area contributed by atoms with Crippen molar-refractivity contribution < 1.29 is 4.84 Å². The molecule has 0 fully saturated rings. The average molecular weight is 238 g/mol. The maximum absolute atomic E-state index is 4.97.